The molecule has 25 heavy (non-hydrogen) atoms. The molecular formula is C14H17F6N2O3+. The summed E-state index contributed by atoms with van der Waals surface area (Å²) < 4.78 is 83.5. The van der Waals surface area contributed by atoms with Crippen LogP contribution in [0, 0.1) is 0 Å². The Kier molecular flexibility index (Phi) is 6.66. The molecule has 0 aliphatic rings. The molecule has 1 aromatic rings. The van der Waals surface area contributed by atoms with Crippen LogP contribution in [0.5, 0.6) is 0 Å². The van der Waals surface area contributed by atoms with Gasteiger partial charge >= 0.3 is 24.1 Å². The van der Waals surface area contributed by atoms with Crippen LogP contribution in [0.3, 0.4) is 0 Å². The highest BCUT2D eigenvalue weighted by atomic mass is 19.4. The second kappa shape index (κ2) is 7.91. The molecule has 0 aliphatic heterocycles. The van der Waals surface area contributed by atoms with Crippen molar-refractivity contribution < 1.29 is 46.3 Å². The Morgan fingerprint density at radius 3 is 2.12 bits per heavy atom. The minimum absolute atomic E-state index is 0.133. The van der Waals surface area contributed by atoms with Gasteiger partial charge in [0, 0.05) is 0 Å². The summed E-state index contributed by atoms with van der Waals surface area (Å²) in [5.74, 6) is 0. The van der Waals surface area contributed by atoms with Gasteiger partial charge in [-0.25, -0.2) is 4.79 Å². The van der Waals surface area contributed by atoms with Crippen LogP contribution in [-0.4, -0.2) is 42.4 Å². The monoisotopic (exact) mass is 375 g/mol. The second-order valence-electron chi connectivity index (χ2n) is 5.02. The van der Waals surface area contributed by atoms with E-state index in [1.165, 1.54) is 31.2 Å². The molecule has 1 atom stereocenters. The Balaban J connectivity index is 3.10. The fourth-order valence-electron chi connectivity index (χ4n) is 2.01. The molecule has 4 N–H and O–H groups in total. The molecule has 0 aromatic heterocycles. The largest absolute Gasteiger partial charge is 0.475 e. The Hall–Kier alpha value is -2.01. The number of hydrogen-bond acceptors (Lipinski definition) is 3. The molecule has 0 radical (unpaired) electrons. The number of quaternary nitrogens is 1. The van der Waals surface area contributed by atoms with Crippen LogP contribution in [0.4, 0.5) is 31.1 Å². The highest BCUT2D eigenvalue weighted by Crippen LogP contribution is 2.38. The number of alkyl carbamates (subject to hydrolysis) is 1. The Labute approximate surface area is 139 Å². The maximum Gasteiger partial charge on any atom is 0.475 e. The highest BCUT2D eigenvalue weighted by Gasteiger charge is 2.76. The number of carbonyl (C=O) groups is 1. The second-order valence-corrected chi connectivity index (χ2v) is 5.02. The van der Waals surface area contributed by atoms with Crippen molar-refractivity contribution in [2.24, 2.45) is 0 Å². The molecule has 0 bridgehead atoms. The molecule has 0 saturated carbocycles. The topological polar surface area (TPSA) is 75.2 Å². The molecule has 1 amide bonds. The van der Waals surface area contributed by atoms with Gasteiger partial charge in [0.2, 0.25) is 0 Å². The van der Waals surface area contributed by atoms with Gasteiger partial charge in [0.25, 0.3) is 0 Å². The average molecular weight is 375 g/mol. The fraction of sp³-hybridized carbons (Fsp3) is 0.500. The third kappa shape index (κ3) is 4.98. The summed E-state index contributed by atoms with van der Waals surface area (Å²) in [5.41, 5.74) is -4.52. The maximum atomic E-state index is 13.2. The highest BCUT2D eigenvalue weighted by molar-refractivity contribution is 5.68. The summed E-state index contributed by atoms with van der Waals surface area (Å²) in [6.07, 6.45) is -15.3. The molecule has 0 unspecified atom stereocenters. The first-order chi connectivity index (χ1) is 11.4. The molecule has 0 saturated heterocycles. The number of carbonyl (C=O) groups excluding carboxylic acids is 1. The first-order valence-electron chi connectivity index (χ1n) is 7.10. The van der Waals surface area contributed by atoms with Crippen LogP contribution in [0.2, 0.25) is 0 Å². The minimum Gasteiger partial charge on any atom is -0.450 e. The lowest BCUT2D eigenvalue weighted by Crippen LogP contribution is -3.08. The van der Waals surface area contributed by atoms with E-state index < -0.39 is 43.4 Å². The molecule has 1 aromatic carbocycles. The van der Waals surface area contributed by atoms with Crippen molar-refractivity contribution in [3.05, 3.63) is 35.9 Å². The number of amides is 1. The van der Waals surface area contributed by atoms with Gasteiger partial charge in [-0.2, -0.15) is 26.3 Å². The third-order valence-corrected chi connectivity index (χ3v) is 3.30. The van der Waals surface area contributed by atoms with Gasteiger partial charge in [-0.05, 0) is 12.5 Å². The van der Waals surface area contributed by atoms with Crippen LogP contribution >= 0.6 is 0 Å². The summed E-state index contributed by atoms with van der Waals surface area (Å²) in [7, 11) is 0. The molecule has 0 aliphatic carbocycles. The van der Waals surface area contributed by atoms with E-state index in [0.717, 1.165) is 5.32 Å². The van der Waals surface area contributed by atoms with Crippen molar-refractivity contribution in [1.29, 1.82) is 0 Å². The van der Waals surface area contributed by atoms with Crippen LogP contribution in [0.25, 0.3) is 0 Å². The lowest BCUT2D eigenvalue weighted by atomic mass is 10.1. The van der Waals surface area contributed by atoms with Crippen molar-refractivity contribution in [2.75, 3.05) is 13.2 Å². The van der Waals surface area contributed by atoms with E-state index in [1.54, 1.807) is 6.07 Å². The van der Waals surface area contributed by atoms with E-state index >= 15 is 0 Å². The summed E-state index contributed by atoms with van der Waals surface area (Å²) in [6.45, 7) is -0.189. The number of hydrogen-bond donors (Lipinski definition) is 3. The van der Waals surface area contributed by atoms with E-state index in [0.29, 0.717) is 0 Å². The number of benzene rings is 1. The molecular weight excluding hydrogens is 358 g/mol. The van der Waals surface area contributed by atoms with E-state index in [4.69, 9.17) is 0 Å². The average Bonchev–Trinajstić information content (AvgIpc) is 2.49. The number of aliphatic hydroxyl groups excluding tert-OH is 1. The number of alkyl halides is 6. The number of nitrogens with one attached hydrogen (secondary N) is 1. The van der Waals surface area contributed by atoms with E-state index in [-0.39, 0.29) is 10.9 Å². The Morgan fingerprint density at radius 2 is 1.68 bits per heavy atom. The van der Waals surface area contributed by atoms with Crippen molar-refractivity contribution >= 4 is 6.09 Å². The lowest BCUT2D eigenvalue weighted by molar-refractivity contribution is -0.788. The first kappa shape index (κ1) is 21.0. The molecule has 0 fully saturated rings. The summed E-state index contributed by atoms with van der Waals surface area (Å²) >= 11 is 0. The molecule has 0 spiro atoms. The molecule has 5 nitrogen and oxygen atoms in total. The van der Waals surface area contributed by atoms with Gasteiger partial charge in [-0.3, -0.25) is 5.32 Å². The number of rotatable bonds is 6. The zero-order chi connectivity index (χ0) is 19.3. The Bertz CT molecular complexity index is 548. The summed E-state index contributed by atoms with van der Waals surface area (Å²) in [6, 6.07) is 7.20. The van der Waals surface area contributed by atoms with Crippen LogP contribution < -0.4 is 10.6 Å². The van der Waals surface area contributed by atoms with E-state index in [1.807, 2.05) is 0 Å². The molecule has 0 heterocycles. The van der Waals surface area contributed by atoms with Crippen LogP contribution in [-0.2, 0) is 4.74 Å². The van der Waals surface area contributed by atoms with Gasteiger partial charge < -0.3 is 15.2 Å². The van der Waals surface area contributed by atoms with Gasteiger partial charge in [-0.15, -0.1) is 0 Å². The number of nitrogens with two attached hydrogens (primary N) is 1. The van der Waals surface area contributed by atoms with Crippen molar-refractivity contribution in [2.45, 2.75) is 31.0 Å². The maximum absolute atomic E-state index is 13.2. The quantitative estimate of drug-likeness (QED) is 0.525. The molecule has 142 valence electrons. The standard InChI is InChI=1S/C14H16F6N2O3/c1-2-25-11(24)22-12(13(15,16)17,14(18,19)20)21-8-10(23)9-6-4-3-5-7-9/h3-7,10,21,23H,2,8H2,1H3,(H,22,24)/p+1/t10-/m0/s1. The van der Waals surface area contributed by atoms with Crippen LogP contribution in [0.15, 0.2) is 30.3 Å². The third-order valence-electron chi connectivity index (χ3n) is 3.30. The van der Waals surface area contributed by atoms with E-state index in [2.05, 4.69) is 4.74 Å². The van der Waals surface area contributed by atoms with Crippen LogP contribution in [0.1, 0.15) is 18.6 Å². The Morgan fingerprint density at radius 1 is 1.16 bits per heavy atom. The normalized spacial score (nSPS) is 14.1. The predicted octanol–water partition coefficient (Wildman–Crippen LogP) is 1.85. The van der Waals surface area contributed by atoms with Crippen molar-refractivity contribution in [3.8, 4) is 0 Å². The van der Waals surface area contributed by atoms with E-state index in [9.17, 15) is 36.2 Å². The minimum atomic E-state index is -5.89. The zero-order valence-electron chi connectivity index (χ0n) is 13.0. The smallest absolute Gasteiger partial charge is 0.450 e. The van der Waals surface area contributed by atoms with Gasteiger partial charge in [-0.1, -0.05) is 30.3 Å². The zero-order valence-corrected chi connectivity index (χ0v) is 13.0. The SMILES string of the molecule is CCOC(=O)NC([NH2+]C[C@H](O)c1ccccc1)(C(F)(F)F)C(F)(F)F. The van der Waals surface area contributed by atoms with Gasteiger partial charge in [0.15, 0.2) is 0 Å². The predicted molar refractivity (Wildman–Crippen MR) is 73.2 cm³/mol. The van der Waals surface area contributed by atoms with Crippen molar-refractivity contribution in [1.82, 2.24) is 5.32 Å². The number of halogens is 6. The van der Waals surface area contributed by atoms with Gasteiger partial charge in [0.05, 0.1) is 6.61 Å². The fourth-order valence-corrected chi connectivity index (χ4v) is 2.01. The molecule has 1 rings (SSSR count). The lowest BCUT2D eigenvalue weighted by Gasteiger charge is -2.35. The van der Waals surface area contributed by atoms with Crippen molar-refractivity contribution in [3.63, 3.8) is 0 Å². The number of ether oxygens (including phenoxy) is 1. The number of aliphatic hydroxyl groups is 1. The summed E-state index contributed by atoms with van der Waals surface area (Å²) in [5, 5.41) is 10.5. The summed E-state index contributed by atoms with van der Waals surface area (Å²) in [4.78, 5) is 11.3. The first-order valence-corrected chi connectivity index (χ1v) is 7.10. The van der Waals surface area contributed by atoms with Gasteiger partial charge in [0.1, 0.15) is 12.6 Å². The molecule has 11 heteroatoms.